The SMILES string of the molecule is O=C(O)C1=C/C(=N/N=c2\cc(NNc3cc(S(=O)(=O)O)cc(Cl)c3O)c(=O)/c(=N/Nc3ccc([N+](=O)[O-])cc3)c2=O)C=CC1=O. The Morgan fingerprint density at radius 3 is 2.24 bits per heavy atom. The summed E-state index contributed by atoms with van der Waals surface area (Å²) < 4.78 is 32.5. The van der Waals surface area contributed by atoms with Crippen molar-refractivity contribution in [2.24, 2.45) is 15.3 Å². The smallest absolute Gasteiger partial charge is 0.339 e. The van der Waals surface area contributed by atoms with Crippen molar-refractivity contribution >= 4 is 61.9 Å². The number of allylic oxidation sites excluding steroid dienone is 3. The largest absolute Gasteiger partial charge is 0.504 e. The van der Waals surface area contributed by atoms with Gasteiger partial charge in [0.25, 0.3) is 15.8 Å². The molecule has 0 radical (unpaired) electrons. The van der Waals surface area contributed by atoms with Crippen molar-refractivity contribution in [1.82, 2.24) is 0 Å². The van der Waals surface area contributed by atoms with Crippen LogP contribution in [-0.4, -0.2) is 45.6 Å². The fraction of sp³-hybridized carbons (Fsp3) is 0. The number of carbonyl (C=O) groups excluding carboxylic acids is 1. The van der Waals surface area contributed by atoms with Gasteiger partial charge in [0.1, 0.15) is 16.6 Å². The quantitative estimate of drug-likeness (QED) is 0.0458. The summed E-state index contributed by atoms with van der Waals surface area (Å²) in [5.41, 5.74) is 3.17. The third-order valence-corrected chi connectivity index (χ3v) is 6.82. The molecule has 0 fully saturated rings. The van der Waals surface area contributed by atoms with Crippen LogP contribution in [-0.2, 0) is 19.7 Å². The minimum atomic E-state index is -4.77. The Morgan fingerprint density at radius 1 is 0.956 bits per heavy atom. The Hall–Kier alpha value is -6.05. The number of hydrogen-bond acceptors (Lipinski definition) is 15. The normalized spacial score (nSPS) is 14.8. The van der Waals surface area contributed by atoms with Crippen molar-refractivity contribution in [3.63, 3.8) is 0 Å². The maximum atomic E-state index is 13.2. The van der Waals surface area contributed by atoms with Crippen molar-refractivity contribution in [2.45, 2.75) is 4.90 Å². The van der Waals surface area contributed by atoms with E-state index < -0.39 is 81.0 Å². The van der Waals surface area contributed by atoms with Gasteiger partial charge in [-0.3, -0.25) is 45.3 Å². The highest BCUT2D eigenvalue weighted by Crippen LogP contribution is 2.34. The van der Waals surface area contributed by atoms with Crippen LogP contribution in [0.15, 0.2) is 96.1 Å². The molecule has 0 aromatic heterocycles. The van der Waals surface area contributed by atoms with Crippen molar-refractivity contribution in [3.05, 3.63) is 113 Å². The molecule has 0 aliphatic heterocycles. The number of carbonyl (C=O) groups is 2. The highest BCUT2D eigenvalue weighted by Gasteiger charge is 2.19. The van der Waals surface area contributed by atoms with E-state index in [1.165, 1.54) is 12.1 Å². The lowest BCUT2D eigenvalue weighted by molar-refractivity contribution is -0.384. The number of anilines is 3. The second-order valence-corrected chi connectivity index (χ2v) is 10.5. The highest BCUT2D eigenvalue weighted by atomic mass is 35.5. The first-order chi connectivity index (χ1) is 21.1. The number of nitro groups is 1. The molecule has 0 amide bonds. The summed E-state index contributed by atoms with van der Waals surface area (Å²) >= 11 is 5.84. The van der Waals surface area contributed by atoms with E-state index >= 15 is 0 Å². The van der Waals surface area contributed by atoms with Crippen molar-refractivity contribution in [1.29, 1.82) is 0 Å². The third kappa shape index (κ3) is 7.30. The molecule has 18 nitrogen and oxygen atoms in total. The predicted octanol–water partition coefficient (Wildman–Crippen LogP) is 0.570. The number of nitrogens with zero attached hydrogens (tertiary/aromatic N) is 4. The zero-order valence-electron chi connectivity index (χ0n) is 22.0. The molecule has 0 saturated carbocycles. The summed E-state index contributed by atoms with van der Waals surface area (Å²) in [5.74, 6) is -3.03. The van der Waals surface area contributed by atoms with E-state index in [-0.39, 0.29) is 17.1 Å². The second-order valence-electron chi connectivity index (χ2n) is 8.69. The number of carboxylic acid groups (broad SMARTS) is 1. The van der Waals surface area contributed by atoms with E-state index in [4.69, 9.17) is 11.6 Å². The van der Waals surface area contributed by atoms with Crippen LogP contribution in [0.3, 0.4) is 0 Å². The molecule has 3 aromatic carbocycles. The molecular formula is C25H16ClN7O11S. The minimum Gasteiger partial charge on any atom is -0.504 e. The number of phenolic OH excluding ortho intramolecular Hbond substituents is 1. The van der Waals surface area contributed by atoms with E-state index in [0.717, 1.165) is 48.6 Å². The zero-order chi connectivity index (χ0) is 33.1. The maximum Gasteiger partial charge on any atom is 0.339 e. The molecular weight excluding hydrogens is 642 g/mol. The molecule has 0 atom stereocenters. The molecule has 0 saturated heterocycles. The van der Waals surface area contributed by atoms with Gasteiger partial charge in [-0.2, -0.15) is 18.6 Å². The van der Waals surface area contributed by atoms with Gasteiger partial charge in [0.2, 0.25) is 10.9 Å². The molecule has 20 heteroatoms. The van der Waals surface area contributed by atoms with Gasteiger partial charge in [-0.1, -0.05) is 11.6 Å². The van der Waals surface area contributed by atoms with Crippen molar-refractivity contribution in [3.8, 4) is 5.75 Å². The number of aliphatic carboxylic acids is 1. The molecule has 1 aliphatic carbocycles. The molecule has 6 N–H and O–H groups in total. The number of phenols is 1. The van der Waals surface area contributed by atoms with Crippen molar-refractivity contribution < 1.29 is 37.7 Å². The summed E-state index contributed by atoms with van der Waals surface area (Å²) in [6.45, 7) is 0. The number of rotatable bonds is 9. The first-order valence-corrected chi connectivity index (χ1v) is 13.7. The van der Waals surface area contributed by atoms with Crippen LogP contribution in [0.5, 0.6) is 5.75 Å². The fourth-order valence-corrected chi connectivity index (χ4v) is 4.30. The number of halogens is 1. The van der Waals surface area contributed by atoms with Gasteiger partial charge in [0.05, 0.1) is 31.9 Å². The van der Waals surface area contributed by atoms with Crippen LogP contribution in [0.2, 0.25) is 5.02 Å². The van der Waals surface area contributed by atoms with Crippen LogP contribution in [0.1, 0.15) is 0 Å². The van der Waals surface area contributed by atoms with Gasteiger partial charge in [0, 0.05) is 12.1 Å². The van der Waals surface area contributed by atoms with Gasteiger partial charge < -0.3 is 10.2 Å². The zero-order valence-corrected chi connectivity index (χ0v) is 23.5. The molecule has 3 aromatic rings. The third-order valence-electron chi connectivity index (χ3n) is 5.70. The lowest BCUT2D eigenvalue weighted by Gasteiger charge is -2.12. The molecule has 0 bridgehead atoms. The van der Waals surface area contributed by atoms with Gasteiger partial charge in [0.15, 0.2) is 16.9 Å². The molecule has 45 heavy (non-hydrogen) atoms. The van der Waals surface area contributed by atoms with Crippen LogP contribution < -0.4 is 37.8 Å². The standard InChI is InChI=1S/C25H16ClN7O11S/c26-16-8-14(45(42,43)44)9-17(22(16)35)30-31-19-10-18(29-28-12-3-6-20(34)15(7-12)25(38)39)23(36)21(24(19)37)32-27-11-1-4-13(5-2-11)33(40)41/h1-10,27,30-31,35H,(H,38,39)(H,42,43,44)/b28-12+,29-18+,32-21+. The van der Waals surface area contributed by atoms with Gasteiger partial charge >= 0.3 is 5.97 Å². The summed E-state index contributed by atoms with van der Waals surface area (Å²) in [4.78, 5) is 58.9. The maximum absolute atomic E-state index is 13.2. The molecule has 230 valence electrons. The lowest BCUT2D eigenvalue weighted by Crippen LogP contribution is -2.49. The van der Waals surface area contributed by atoms with Gasteiger partial charge in [-0.05, 0) is 48.6 Å². The number of nitro benzene ring substituents is 1. The number of non-ortho nitro benzene ring substituents is 1. The second kappa shape index (κ2) is 12.7. The molecule has 4 rings (SSSR count). The summed E-state index contributed by atoms with van der Waals surface area (Å²) in [5, 5.41) is 39.8. The van der Waals surface area contributed by atoms with E-state index in [2.05, 4.69) is 31.6 Å². The fourth-order valence-electron chi connectivity index (χ4n) is 3.48. The Morgan fingerprint density at radius 2 is 1.62 bits per heavy atom. The Bertz CT molecular complexity index is 2200. The highest BCUT2D eigenvalue weighted by molar-refractivity contribution is 7.85. The number of benzene rings is 3. The number of ketones is 1. The topological polar surface area (TPSA) is 279 Å². The van der Waals surface area contributed by atoms with E-state index in [1.54, 1.807) is 0 Å². The first kappa shape index (κ1) is 31.9. The Balaban J connectivity index is 1.83. The Labute approximate surface area is 254 Å². The predicted molar refractivity (Wildman–Crippen MR) is 157 cm³/mol. The number of hydrogen-bond donors (Lipinski definition) is 6. The molecule has 0 spiro atoms. The van der Waals surface area contributed by atoms with E-state index in [9.17, 15) is 52.5 Å². The lowest BCUT2D eigenvalue weighted by atomic mass is 10.0. The summed E-state index contributed by atoms with van der Waals surface area (Å²) in [7, 11) is -4.77. The molecule has 1 aliphatic rings. The van der Waals surface area contributed by atoms with Crippen LogP contribution in [0.4, 0.5) is 22.7 Å². The molecule has 0 unspecified atom stereocenters. The average Bonchev–Trinajstić information content (AvgIpc) is 2.98. The van der Waals surface area contributed by atoms with E-state index in [0.29, 0.717) is 0 Å². The van der Waals surface area contributed by atoms with Crippen LogP contribution in [0, 0.1) is 10.1 Å². The van der Waals surface area contributed by atoms with Crippen LogP contribution in [0.25, 0.3) is 0 Å². The summed E-state index contributed by atoms with van der Waals surface area (Å²) in [6.07, 6.45) is 2.94. The number of nitrogens with one attached hydrogen (secondary N) is 3. The average molecular weight is 658 g/mol. The Kier molecular flexibility index (Phi) is 8.97. The monoisotopic (exact) mass is 657 g/mol. The summed E-state index contributed by atoms with van der Waals surface area (Å²) in [6, 6.07) is 7.18. The molecule has 0 heterocycles. The number of carboxylic acids is 1. The number of aromatic hydroxyl groups is 1. The number of hydrazine groups is 1. The first-order valence-electron chi connectivity index (χ1n) is 11.9. The minimum absolute atomic E-state index is 0.138. The van der Waals surface area contributed by atoms with Gasteiger partial charge in [-0.15, -0.1) is 5.10 Å². The van der Waals surface area contributed by atoms with Crippen LogP contribution >= 0.6 is 11.6 Å². The van der Waals surface area contributed by atoms with E-state index in [1.807, 2.05) is 0 Å². The van der Waals surface area contributed by atoms with Gasteiger partial charge in [-0.25, -0.2) is 4.79 Å². The van der Waals surface area contributed by atoms with Crippen molar-refractivity contribution in [2.75, 3.05) is 16.3 Å².